The molecule has 162 valence electrons. The summed E-state index contributed by atoms with van der Waals surface area (Å²) in [5, 5.41) is 6.85. The van der Waals surface area contributed by atoms with Gasteiger partial charge in [0, 0.05) is 36.8 Å². The summed E-state index contributed by atoms with van der Waals surface area (Å²) in [6.45, 7) is 1.76. The summed E-state index contributed by atoms with van der Waals surface area (Å²) in [5.74, 6) is -0.741. The van der Waals surface area contributed by atoms with E-state index in [9.17, 15) is 14.0 Å². The second-order valence-corrected chi connectivity index (χ2v) is 7.39. The smallest absolute Gasteiger partial charge is 0.232 e. The normalized spacial score (nSPS) is 10.8. The third-order valence-corrected chi connectivity index (χ3v) is 5.26. The number of rotatable bonds is 6. The number of fused-ring (bicyclic) bond motifs is 1. The molecule has 2 amide bonds. The number of nitrogens with zero attached hydrogens (tertiary/aromatic N) is 4. The number of pyridine rings is 2. The molecule has 0 aliphatic rings. The molecule has 4 rings (SSSR count). The number of aromatic nitrogens is 3. The number of carbonyl (C=O) groups is 2. The first kappa shape index (κ1) is 21.5. The Kier molecular flexibility index (Phi) is 6.13. The Hall–Kier alpha value is -3.78. The highest BCUT2D eigenvalue weighted by molar-refractivity contribution is 6.31. The quantitative estimate of drug-likeness (QED) is 0.457. The number of hydrogen-bond donors (Lipinski definition) is 1. The van der Waals surface area contributed by atoms with Crippen LogP contribution in [0.1, 0.15) is 18.9 Å². The van der Waals surface area contributed by atoms with Gasteiger partial charge in [-0.1, -0.05) is 30.7 Å². The van der Waals surface area contributed by atoms with Crippen molar-refractivity contribution in [2.75, 3.05) is 10.2 Å². The molecule has 0 saturated carbocycles. The van der Waals surface area contributed by atoms with Gasteiger partial charge < -0.3 is 5.32 Å². The molecule has 0 spiro atoms. The van der Waals surface area contributed by atoms with Crippen LogP contribution in [0.15, 0.2) is 67.1 Å². The molecule has 0 bridgehead atoms. The lowest BCUT2D eigenvalue weighted by molar-refractivity contribution is -0.117. The lowest BCUT2D eigenvalue weighted by Gasteiger charge is -2.22. The number of anilines is 3. The van der Waals surface area contributed by atoms with Crippen molar-refractivity contribution in [3.05, 3.63) is 83.5 Å². The number of amides is 2. The van der Waals surface area contributed by atoms with Crippen LogP contribution >= 0.6 is 11.6 Å². The van der Waals surface area contributed by atoms with Crippen LogP contribution < -0.4 is 10.2 Å². The number of carbonyl (C=O) groups excluding carboxylic acids is 2. The van der Waals surface area contributed by atoms with Gasteiger partial charge in [-0.3, -0.25) is 14.5 Å². The lowest BCUT2D eigenvalue weighted by atomic mass is 10.1. The minimum absolute atomic E-state index is 0.0759. The molecule has 0 saturated heterocycles. The Bertz CT molecular complexity index is 1310. The average molecular weight is 452 g/mol. The maximum atomic E-state index is 13.6. The Labute approximate surface area is 188 Å². The van der Waals surface area contributed by atoms with E-state index in [1.165, 1.54) is 23.2 Å². The predicted molar refractivity (Wildman–Crippen MR) is 121 cm³/mol. The van der Waals surface area contributed by atoms with Gasteiger partial charge in [0.2, 0.25) is 11.8 Å². The third kappa shape index (κ3) is 4.45. The van der Waals surface area contributed by atoms with Gasteiger partial charge in [0.05, 0.1) is 22.6 Å². The van der Waals surface area contributed by atoms with Crippen LogP contribution in [0.25, 0.3) is 5.52 Å². The van der Waals surface area contributed by atoms with E-state index in [4.69, 9.17) is 11.6 Å². The Morgan fingerprint density at radius 1 is 1.16 bits per heavy atom. The second kappa shape index (κ2) is 9.15. The first-order valence-electron chi connectivity index (χ1n) is 9.91. The largest absolute Gasteiger partial charge is 0.326 e. The highest BCUT2D eigenvalue weighted by Crippen LogP contribution is 2.28. The molecule has 3 heterocycles. The van der Waals surface area contributed by atoms with Crippen molar-refractivity contribution in [1.82, 2.24) is 14.6 Å². The zero-order chi connectivity index (χ0) is 22.7. The summed E-state index contributed by atoms with van der Waals surface area (Å²) >= 11 is 5.94. The van der Waals surface area contributed by atoms with Crippen LogP contribution in [0.2, 0.25) is 5.02 Å². The molecule has 0 unspecified atom stereocenters. The maximum Gasteiger partial charge on any atom is 0.232 e. The summed E-state index contributed by atoms with van der Waals surface area (Å²) in [5.41, 5.74) is 2.29. The summed E-state index contributed by atoms with van der Waals surface area (Å²) < 4.78 is 15.3. The van der Waals surface area contributed by atoms with Crippen molar-refractivity contribution in [2.24, 2.45) is 0 Å². The standard InChI is InChI=1S/C23H19ClFN5O2/c1-2-22(32)30(18-8-11-29-17(14-18)7-10-27-29)20-13-16(6-9-26-20)28-21(31)12-15-4-3-5-19(25)23(15)24/h3-11,13-14H,2,12H2,1H3,(H,26,28,31). The number of hydrogen-bond acceptors (Lipinski definition) is 4. The van der Waals surface area contributed by atoms with E-state index in [0.717, 1.165) is 5.52 Å². The molecule has 32 heavy (non-hydrogen) atoms. The zero-order valence-corrected chi connectivity index (χ0v) is 17.9. The maximum absolute atomic E-state index is 13.6. The van der Waals surface area contributed by atoms with Crippen molar-refractivity contribution >= 4 is 46.1 Å². The van der Waals surface area contributed by atoms with Crippen molar-refractivity contribution in [3.63, 3.8) is 0 Å². The minimum atomic E-state index is -0.577. The van der Waals surface area contributed by atoms with E-state index >= 15 is 0 Å². The van der Waals surface area contributed by atoms with Crippen LogP contribution in [0.4, 0.5) is 21.6 Å². The highest BCUT2D eigenvalue weighted by atomic mass is 35.5. The van der Waals surface area contributed by atoms with Gasteiger partial charge in [-0.2, -0.15) is 5.10 Å². The van der Waals surface area contributed by atoms with Crippen molar-refractivity contribution in [3.8, 4) is 0 Å². The van der Waals surface area contributed by atoms with Gasteiger partial charge in [-0.05, 0) is 35.9 Å². The summed E-state index contributed by atoms with van der Waals surface area (Å²) in [6.07, 6.45) is 5.11. The molecule has 0 fully saturated rings. The van der Waals surface area contributed by atoms with Gasteiger partial charge >= 0.3 is 0 Å². The van der Waals surface area contributed by atoms with E-state index in [2.05, 4.69) is 15.4 Å². The molecule has 9 heteroatoms. The van der Waals surface area contributed by atoms with Gasteiger partial charge in [-0.15, -0.1) is 0 Å². The number of halogens is 2. The summed E-state index contributed by atoms with van der Waals surface area (Å²) in [4.78, 5) is 31.1. The predicted octanol–water partition coefficient (Wildman–Crippen LogP) is 4.78. The zero-order valence-electron chi connectivity index (χ0n) is 17.1. The minimum Gasteiger partial charge on any atom is -0.326 e. The van der Waals surface area contributed by atoms with Gasteiger partial charge in [0.1, 0.15) is 11.6 Å². The molecule has 0 aliphatic heterocycles. The summed E-state index contributed by atoms with van der Waals surface area (Å²) in [7, 11) is 0. The number of benzene rings is 1. The fourth-order valence-corrected chi connectivity index (χ4v) is 3.49. The van der Waals surface area contributed by atoms with Crippen LogP contribution in [0.5, 0.6) is 0 Å². The molecule has 3 aromatic heterocycles. The monoisotopic (exact) mass is 451 g/mol. The van der Waals surface area contributed by atoms with Crippen molar-refractivity contribution < 1.29 is 14.0 Å². The Morgan fingerprint density at radius 3 is 2.81 bits per heavy atom. The van der Waals surface area contributed by atoms with Crippen LogP contribution in [-0.2, 0) is 16.0 Å². The van der Waals surface area contributed by atoms with E-state index < -0.39 is 5.82 Å². The topological polar surface area (TPSA) is 79.6 Å². The van der Waals surface area contributed by atoms with Crippen LogP contribution in [0.3, 0.4) is 0 Å². The van der Waals surface area contributed by atoms with Gasteiger partial charge in [-0.25, -0.2) is 13.9 Å². The van der Waals surface area contributed by atoms with Gasteiger partial charge in [0.25, 0.3) is 0 Å². The lowest BCUT2D eigenvalue weighted by Crippen LogP contribution is -2.26. The van der Waals surface area contributed by atoms with Crippen molar-refractivity contribution in [2.45, 2.75) is 19.8 Å². The van der Waals surface area contributed by atoms with Crippen LogP contribution in [0, 0.1) is 5.82 Å². The fraction of sp³-hybridized carbons (Fsp3) is 0.130. The number of nitrogens with one attached hydrogen (secondary N) is 1. The van der Waals surface area contributed by atoms with Crippen LogP contribution in [-0.4, -0.2) is 26.4 Å². The SMILES string of the molecule is CCC(=O)N(c1ccn2nccc2c1)c1cc(NC(=O)Cc2cccc(F)c2Cl)ccn1. The molecule has 0 radical (unpaired) electrons. The van der Waals surface area contributed by atoms with Gasteiger partial charge in [0.15, 0.2) is 0 Å². The Balaban J connectivity index is 1.59. The van der Waals surface area contributed by atoms with E-state index in [1.807, 2.05) is 12.1 Å². The van der Waals surface area contributed by atoms with E-state index in [1.54, 1.807) is 48.1 Å². The second-order valence-electron chi connectivity index (χ2n) is 7.01. The molecule has 0 aliphatic carbocycles. The summed E-state index contributed by atoms with van der Waals surface area (Å²) in [6, 6.07) is 13.0. The molecular weight excluding hydrogens is 433 g/mol. The molecule has 1 aromatic carbocycles. The average Bonchev–Trinajstić information content (AvgIpc) is 3.25. The molecule has 7 nitrogen and oxygen atoms in total. The van der Waals surface area contributed by atoms with E-state index in [0.29, 0.717) is 22.8 Å². The molecule has 0 atom stereocenters. The highest BCUT2D eigenvalue weighted by Gasteiger charge is 2.19. The fourth-order valence-electron chi connectivity index (χ4n) is 3.29. The first-order valence-corrected chi connectivity index (χ1v) is 10.3. The molecular formula is C23H19ClFN5O2. The third-order valence-electron chi connectivity index (χ3n) is 4.83. The Morgan fingerprint density at radius 2 is 2.00 bits per heavy atom. The first-order chi connectivity index (χ1) is 15.5. The molecule has 1 N–H and O–H groups in total. The van der Waals surface area contributed by atoms with E-state index in [-0.39, 0.29) is 29.7 Å². The molecule has 4 aromatic rings. The van der Waals surface area contributed by atoms with Crippen molar-refractivity contribution in [1.29, 1.82) is 0 Å².